The number of carboxylic acids is 2. The number of carbonyl (C=O) groups is 4. The number of halogens is 1. The van der Waals surface area contributed by atoms with Crippen molar-refractivity contribution in [2.75, 3.05) is 27.4 Å². The number of Topliss-reactive ketones (excluding diaryl/α,β-unsaturated/α-hetero) is 1. The minimum absolute atomic E-state index is 0.0601. The smallest absolute Gasteiger partial charge is 0.306 e. The summed E-state index contributed by atoms with van der Waals surface area (Å²) in [7, 11) is 3.07. The summed E-state index contributed by atoms with van der Waals surface area (Å²) in [6.07, 6.45) is 0.374. The Balaban J connectivity index is 1.37. The van der Waals surface area contributed by atoms with Gasteiger partial charge < -0.3 is 34.1 Å². The highest BCUT2D eigenvalue weighted by molar-refractivity contribution is 9.10. The number of rotatable bonds is 15. The molecule has 1 aromatic heterocycles. The fourth-order valence-electron chi connectivity index (χ4n) is 4.74. The number of carboxylic acid groups (broad SMARTS) is 2. The normalized spacial score (nSPS) is 13.7. The van der Waals surface area contributed by atoms with Crippen LogP contribution in [0.5, 0.6) is 23.0 Å². The Hall–Kier alpha value is -3.84. The van der Waals surface area contributed by atoms with E-state index in [-0.39, 0.29) is 24.5 Å². The quantitative estimate of drug-likeness (QED) is 0.148. The van der Waals surface area contributed by atoms with Crippen molar-refractivity contribution in [2.45, 2.75) is 46.2 Å². The molecule has 13 heteroatoms. The van der Waals surface area contributed by atoms with Crippen LogP contribution in [0.15, 0.2) is 28.7 Å². The van der Waals surface area contributed by atoms with E-state index in [0.29, 0.717) is 65.1 Å². The minimum atomic E-state index is -1.01. The third kappa shape index (κ3) is 7.44. The van der Waals surface area contributed by atoms with Crippen molar-refractivity contribution in [3.05, 3.63) is 44.7 Å². The number of ether oxygens (including phenoxy) is 4. The second kappa shape index (κ2) is 14.3. The summed E-state index contributed by atoms with van der Waals surface area (Å²) in [5, 5.41) is 19.0. The first-order valence-electron chi connectivity index (χ1n) is 13.9. The highest BCUT2D eigenvalue weighted by atomic mass is 79.9. The van der Waals surface area contributed by atoms with Gasteiger partial charge in [-0.3, -0.25) is 19.2 Å². The average molecular weight is 693 g/mol. The Morgan fingerprint density at radius 1 is 0.864 bits per heavy atom. The molecule has 0 unspecified atom stereocenters. The lowest BCUT2D eigenvalue weighted by molar-refractivity contribution is -0.145. The Kier molecular flexibility index (Phi) is 10.7. The molecule has 0 aliphatic carbocycles. The maximum atomic E-state index is 12.7. The molecule has 0 saturated carbocycles. The molecular weight excluding hydrogens is 658 g/mol. The van der Waals surface area contributed by atoms with E-state index in [1.807, 2.05) is 12.1 Å². The molecule has 0 fully saturated rings. The van der Waals surface area contributed by atoms with Gasteiger partial charge in [-0.25, -0.2) is 0 Å². The van der Waals surface area contributed by atoms with Gasteiger partial charge in [0.15, 0.2) is 28.8 Å². The Morgan fingerprint density at radius 3 is 2.07 bits per heavy atom. The van der Waals surface area contributed by atoms with Crippen LogP contribution in [0.3, 0.4) is 0 Å². The SMILES string of the molecule is COc1cc2c(cc1OCCCOc1c(OC)cc3sc(C(=O)C[C@H](C)C(=O)O)cc3c1Br)CN(C(=O)C[C@H](C)C(=O)O)C2. The summed E-state index contributed by atoms with van der Waals surface area (Å²) < 4.78 is 24.6. The molecule has 236 valence electrons. The van der Waals surface area contributed by atoms with Crippen LogP contribution < -0.4 is 18.9 Å². The van der Waals surface area contributed by atoms with E-state index in [1.165, 1.54) is 32.3 Å². The zero-order chi connectivity index (χ0) is 32.1. The largest absolute Gasteiger partial charge is 0.493 e. The van der Waals surface area contributed by atoms with Gasteiger partial charge >= 0.3 is 11.9 Å². The first-order valence-corrected chi connectivity index (χ1v) is 15.6. The van der Waals surface area contributed by atoms with Gasteiger partial charge in [0, 0.05) is 48.5 Å². The van der Waals surface area contributed by atoms with Gasteiger partial charge in [-0.2, -0.15) is 0 Å². The van der Waals surface area contributed by atoms with Crippen LogP contribution in [0.2, 0.25) is 0 Å². The molecule has 1 amide bonds. The lowest BCUT2D eigenvalue weighted by Gasteiger charge is -2.16. The number of benzene rings is 2. The van der Waals surface area contributed by atoms with Crippen LogP contribution >= 0.6 is 27.3 Å². The summed E-state index contributed by atoms with van der Waals surface area (Å²) in [6.45, 7) is 4.38. The van der Waals surface area contributed by atoms with Crippen molar-refractivity contribution in [2.24, 2.45) is 11.8 Å². The molecule has 2 N–H and O–H groups in total. The lowest BCUT2D eigenvalue weighted by atomic mass is 10.0. The molecule has 2 heterocycles. The van der Waals surface area contributed by atoms with Gasteiger partial charge in [0.25, 0.3) is 0 Å². The highest BCUT2D eigenvalue weighted by Gasteiger charge is 2.28. The number of aliphatic carboxylic acids is 2. The molecule has 2 atom stereocenters. The number of hydrogen-bond donors (Lipinski definition) is 2. The summed E-state index contributed by atoms with van der Waals surface area (Å²) in [4.78, 5) is 49.7. The molecule has 0 spiro atoms. The van der Waals surface area contributed by atoms with E-state index in [0.717, 1.165) is 21.2 Å². The molecule has 3 aromatic rings. The maximum Gasteiger partial charge on any atom is 0.306 e. The van der Waals surface area contributed by atoms with Crippen molar-refractivity contribution >= 4 is 61.0 Å². The predicted molar refractivity (Wildman–Crippen MR) is 166 cm³/mol. The molecule has 1 aliphatic heterocycles. The van der Waals surface area contributed by atoms with Gasteiger partial charge in [-0.15, -0.1) is 11.3 Å². The summed E-state index contributed by atoms with van der Waals surface area (Å²) in [6, 6.07) is 7.22. The Bertz CT molecular complexity index is 1590. The minimum Gasteiger partial charge on any atom is -0.493 e. The van der Waals surface area contributed by atoms with Crippen LogP contribution in [-0.2, 0) is 27.5 Å². The Morgan fingerprint density at radius 2 is 1.45 bits per heavy atom. The van der Waals surface area contributed by atoms with Gasteiger partial charge in [0.2, 0.25) is 5.91 Å². The van der Waals surface area contributed by atoms with E-state index < -0.39 is 23.8 Å². The summed E-state index contributed by atoms with van der Waals surface area (Å²) >= 11 is 4.86. The maximum absolute atomic E-state index is 12.7. The monoisotopic (exact) mass is 691 g/mol. The first-order chi connectivity index (χ1) is 20.9. The first kappa shape index (κ1) is 33.1. The third-order valence-electron chi connectivity index (χ3n) is 7.35. The number of ketones is 1. The molecule has 0 saturated heterocycles. The van der Waals surface area contributed by atoms with E-state index in [4.69, 9.17) is 29.2 Å². The highest BCUT2D eigenvalue weighted by Crippen LogP contribution is 2.44. The number of hydrogen-bond acceptors (Lipinski definition) is 9. The third-order valence-corrected chi connectivity index (χ3v) is 9.26. The number of methoxy groups -OCH3 is 2. The van der Waals surface area contributed by atoms with Gasteiger partial charge in [0.05, 0.1) is 48.6 Å². The van der Waals surface area contributed by atoms with Crippen molar-refractivity contribution < 1.29 is 48.3 Å². The fraction of sp³-hybridized carbons (Fsp3) is 0.419. The van der Waals surface area contributed by atoms with Crippen LogP contribution in [0, 0.1) is 11.8 Å². The standard InChI is InChI=1S/C31H34BrNO10S/c1-16(30(36)37)8-21(34)26-12-20-25(44-26)13-24(41-4)29(28(20)32)43-7-5-6-42-23-11-19-15-33(14-18(19)10-22(23)40-3)27(35)9-17(2)31(38)39/h10-13,16-17H,5-9,14-15H2,1-4H3,(H,36,37)(H,38,39)/t16-,17-/m0/s1. The molecule has 1 aliphatic rings. The molecule has 4 rings (SSSR count). The van der Waals surface area contributed by atoms with E-state index in [1.54, 1.807) is 24.1 Å². The van der Waals surface area contributed by atoms with E-state index >= 15 is 0 Å². The van der Waals surface area contributed by atoms with Gasteiger partial charge in [-0.05, 0) is 45.3 Å². The number of carbonyl (C=O) groups excluding carboxylic acids is 2. The Labute approximate surface area is 266 Å². The van der Waals surface area contributed by atoms with E-state index in [2.05, 4.69) is 15.9 Å². The fourth-order valence-corrected chi connectivity index (χ4v) is 6.55. The molecule has 0 radical (unpaired) electrons. The number of nitrogens with zero attached hydrogens (tertiary/aromatic N) is 1. The molecule has 44 heavy (non-hydrogen) atoms. The van der Waals surface area contributed by atoms with Gasteiger partial charge in [-0.1, -0.05) is 13.8 Å². The van der Waals surface area contributed by atoms with Crippen LogP contribution in [-0.4, -0.2) is 66.2 Å². The van der Waals surface area contributed by atoms with Crippen molar-refractivity contribution in [3.63, 3.8) is 0 Å². The van der Waals surface area contributed by atoms with Crippen molar-refractivity contribution in [1.82, 2.24) is 4.90 Å². The molecule has 2 aromatic carbocycles. The molecular formula is C31H34BrNO10S. The zero-order valence-corrected chi connectivity index (χ0v) is 27.2. The second-order valence-electron chi connectivity index (χ2n) is 10.6. The topological polar surface area (TPSA) is 149 Å². The lowest BCUT2D eigenvalue weighted by Crippen LogP contribution is -2.28. The predicted octanol–water partition coefficient (Wildman–Crippen LogP) is 5.78. The van der Waals surface area contributed by atoms with Crippen LogP contribution in [0.25, 0.3) is 10.1 Å². The average Bonchev–Trinajstić information content (AvgIpc) is 3.61. The zero-order valence-electron chi connectivity index (χ0n) is 24.8. The van der Waals surface area contributed by atoms with E-state index in [9.17, 15) is 19.2 Å². The second-order valence-corrected chi connectivity index (χ2v) is 12.5. The molecule has 0 bridgehead atoms. The number of amides is 1. The van der Waals surface area contributed by atoms with Crippen LogP contribution in [0.4, 0.5) is 0 Å². The summed E-state index contributed by atoms with van der Waals surface area (Å²) in [5.74, 6) is -1.96. The number of fused-ring (bicyclic) bond motifs is 2. The number of thiophene rings is 1. The molecule has 11 nitrogen and oxygen atoms in total. The van der Waals surface area contributed by atoms with Crippen LogP contribution in [0.1, 0.15) is 53.9 Å². The van der Waals surface area contributed by atoms with Crippen molar-refractivity contribution in [1.29, 1.82) is 0 Å². The van der Waals surface area contributed by atoms with Crippen molar-refractivity contribution in [3.8, 4) is 23.0 Å². The van der Waals surface area contributed by atoms with Gasteiger partial charge in [0.1, 0.15) is 0 Å². The summed E-state index contributed by atoms with van der Waals surface area (Å²) in [5.41, 5.74) is 1.84.